The van der Waals surface area contributed by atoms with Crippen molar-refractivity contribution in [1.82, 2.24) is 10.0 Å². The molecule has 0 bridgehead atoms. The zero-order valence-corrected chi connectivity index (χ0v) is 19.5. The summed E-state index contributed by atoms with van der Waals surface area (Å²) < 4.78 is 26.9. The van der Waals surface area contributed by atoms with Crippen molar-refractivity contribution in [3.63, 3.8) is 0 Å². The molecule has 33 heavy (non-hydrogen) atoms. The van der Waals surface area contributed by atoms with Crippen LogP contribution in [0, 0.1) is 6.92 Å². The summed E-state index contributed by atoms with van der Waals surface area (Å²) in [5.74, 6) is -0.330. The molecule has 174 valence electrons. The number of nitrogens with one attached hydrogen (secondary N) is 3. The summed E-state index contributed by atoms with van der Waals surface area (Å²) in [7, 11) is -3.67. The van der Waals surface area contributed by atoms with Gasteiger partial charge in [-0.3, -0.25) is 19.3 Å². The molecule has 1 atom stereocenters. The van der Waals surface area contributed by atoms with E-state index in [0.717, 1.165) is 31.2 Å². The molecule has 3 N–H and O–H groups in total. The Morgan fingerprint density at radius 1 is 1.09 bits per heavy atom. The van der Waals surface area contributed by atoms with Gasteiger partial charge in [-0.1, -0.05) is 31.4 Å². The van der Waals surface area contributed by atoms with E-state index >= 15 is 0 Å². The second-order valence-electron chi connectivity index (χ2n) is 8.58. The largest absolute Gasteiger partial charge is 0.349 e. The highest BCUT2D eigenvalue weighted by atomic mass is 32.2. The molecule has 2 aromatic rings. The highest BCUT2D eigenvalue weighted by Crippen LogP contribution is 2.23. The van der Waals surface area contributed by atoms with E-state index in [2.05, 4.69) is 20.3 Å². The third-order valence-corrected chi connectivity index (χ3v) is 7.45. The molecule has 0 saturated heterocycles. The Bertz CT molecular complexity index is 1220. The Kier molecular flexibility index (Phi) is 6.51. The Hall–Kier alpha value is -3.20. The van der Waals surface area contributed by atoms with Gasteiger partial charge >= 0.3 is 0 Å². The van der Waals surface area contributed by atoms with E-state index in [1.807, 2.05) is 6.92 Å². The van der Waals surface area contributed by atoms with Gasteiger partial charge in [-0.2, -0.15) is 0 Å². The molecule has 0 radical (unpaired) electrons. The van der Waals surface area contributed by atoms with Crippen LogP contribution < -0.4 is 15.4 Å². The summed E-state index contributed by atoms with van der Waals surface area (Å²) in [5.41, 5.74) is 2.34. The van der Waals surface area contributed by atoms with Crippen LogP contribution in [0.2, 0.25) is 0 Å². The third kappa shape index (κ3) is 5.08. The monoisotopic (exact) mass is 468 g/mol. The van der Waals surface area contributed by atoms with Crippen molar-refractivity contribution >= 4 is 33.4 Å². The van der Waals surface area contributed by atoms with E-state index in [0.29, 0.717) is 16.8 Å². The van der Waals surface area contributed by atoms with E-state index in [1.165, 1.54) is 12.5 Å². The fourth-order valence-corrected chi connectivity index (χ4v) is 5.42. The summed E-state index contributed by atoms with van der Waals surface area (Å²) >= 11 is 0. The van der Waals surface area contributed by atoms with Crippen LogP contribution in [0.5, 0.6) is 0 Å². The number of amidine groups is 1. The molecule has 1 fully saturated rings. The summed E-state index contributed by atoms with van der Waals surface area (Å²) in [6.07, 6.45) is 5.54. The molecule has 0 spiro atoms. The number of hydrogen-bond donors (Lipinski definition) is 3. The predicted octanol–water partition coefficient (Wildman–Crippen LogP) is 3.12. The summed E-state index contributed by atoms with van der Waals surface area (Å²) in [6.45, 7) is 3.42. The minimum absolute atomic E-state index is 0.102. The quantitative estimate of drug-likeness (QED) is 0.625. The summed E-state index contributed by atoms with van der Waals surface area (Å²) in [4.78, 5) is 29.8. The summed E-state index contributed by atoms with van der Waals surface area (Å²) in [5, 5.41) is 5.92. The van der Waals surface area contributed by atoms with Crippen LogP contribution in [0.4, 0.5) is 5.69 Å². The number of carbonyl (C=O) groups is 2. The van der Waals surface area contributed by atoms with Crippen molar-refractivity contribution in [3.8, 4) is 0 Å². The molecular weight excluding hydrogens is 440 g/mol. The molecule has 4 rings (SSSR count). The van der Waals surface area contributed by atoms with E-state index in [1.54, 1.807) is 43.3 Å². The number of sulfonamides is 1. The molecule has 1 aliphatic carbocycles. The van der Waals surface area contributed by atoms with Gasteiger partial charge in [-0.05, 0) is 62.6 Å². The number of amides is 2. The molecule has 1 saturated carbocycles. The molecule has 8 nitrogen and oxygen atoms in total. The molecule has 2 aliphatic rings. The second-order valence-corrected chi connectivity index (χ2v) is 10.2. The SMILES string of the molecule is Cc1cc(C(=O)NC2CCCCC2)ccc1NC(=O)[C@H](C)N=C1NS(=O)(=O)c2ccccc21. The maximum atomic E-state index is 12.7. The molecule has 1 aliphatic heterocycles. The third-order valence-electron chi connectivity index (χ3n) is 6.05. The van der Waals surface area contributed by atoms with E-state index in [4.69, 9.17) is 0 Å². The molecule has 0 unspecified atom stereocenters. The Labute approximate surface area is 193 Å². The Morgan fingerprint density at radius 3 is 2.55 bits per heavy atom. The smallest absolute Gasteiger partial charge is 0.263 e. The van der Waals surface area contributed by atoms with Gasteiger partial charge in [0, 0.05) is 22.9 Å². The normalized spacial score (nSPS) is 19.4. The highest BCUT2D eigenvalue weighted by Gasteiger charge is 2.31. The Balaban J connectivity index is 1.43. The first kappa shape index (κ1) is 23.0. The lowest BCUT2D eigenvalue weighted by molar-refractivity contribution is -0.117. The number of hydrogen-bond acceptors (Lipinski definition) is 5. The molecule has 0 aromatic heterocycles. The van der Waals surface area contributed by atoms with Gasteiger partial charge in [0.25, 0.3) is 15.9 Å². The minimum atomic E-state index is -3.67. The van der Waals surface area contributed by atoms with Crippen molar-refractivity contribution in [2.45, 2.75) is 62.9 Å². The fraction of sp³-hybridized carbons (Fsp3) is 0.375. The predicted molar refractivity (Wildman–Crippen MR) is 127 cm³/mol. The van der Waals surface area contributed by atoms with Crippen molar-refractivity contribution in [2.24, 2.45) is 4.99 Å². The maximum Gasteiger partial charge on any atom is 0.263 e. The molecule has 1 heterocycles. The summed E-state index contributed by atoms with van der Waals surface area (Å²) in [6, 6.07) is 11.1. The van der Waals surface area contributed by atoms with Crippen LogP contribution in [-0.2, 0) is 14.8 Å². The number of fused-ring (bicyclic) bond motifs is 1. The van der Waals surface area contributed by atoms with Crippen LogP contribution in [0.3, 0.4) is 0 Å². The lowest BCUT2D eigenvalue weighted by Gasteiger charge is -2.23. The van der Waals surface area contributed by atoms with E-state index in [-0.39, 0.29) is 28.6 Å². The average molecular weight is 469 g/mol. The lowest BCUT2D eigenvalue weighted by atomic mass is 9.95. The average Bonchev–Trinajstić information content (AvgIpc) is 3.05. The molecular formula is C24H28N4O4S. The molecule has 9 heteroatoms. The van der Waals surface area contributed by atoms with Crippen molar-refractivity contribution in [2.75, 3.05) is 5.32 Å². The lowest BCUT2D eigenvalue weighted by Crippen LogP contribution is -2.36. The van der Waals surface area contributed by atoms with Crippen LogP contribution >= 0.6 is 0 Å². The number of carbonyl (C=O) groups excluding carboxylic acids is 2. The number of aryl methyl sites for hydroxylation is 1. The van der Waals surface area contributed by atoms with E-state index < -0.39 is 16.1 Å². The minimum Gasteiger partial charge on any atom is -0.349 e. The second kappa shape index (κ2) is 9.35. The van der Waals surface area contributed by atoms with Gasteiger partial charge in [0.1, 0.15) is 11.9 Å². The first-order valence-electron chi connectivity index (χ1n) is 11.2. The van der Waals surface area contributed by atoms with Crippen LogP contribution in [-0.4, -0.2) is 38.2 Å². The van der Waals surface area contributed by atoms with Gasteiger partial charge in [0.15, 0.2) is 0 Å². The van der Waals surface area contributed by atoms with Gasteiger partial charge in [-0.15, -0.1) is 0 Å². The van der Waals surface area contributed by atoms with Crippen molar-refractivity contribution in [1.29, 1.82) is 0 Å². The maximum absolute atomic E-state index is 12.7. The van der Waals surface area contributed by atoms with Crippen molar-refractivity contribution in [3.05, 3.63) is 59.2 Å². The first-order valence-corrected chi connectivity index (χ1v) is 12.7. The van der Waals surface area contributed by atoms with Crippen LogP contribution in [0.1, 0.15) is 60.5 Å². The molecule has 2 amide bonds. The first-order chi connectivity index (χ1) is 15.7. The zero-order valence-electron chi connectivity index (χ0n) is 18.7. The fourth-order valence-electron chi connectivity index (χ4n) is 4.18. The van der Waals surface area contributed by atoms with Gasteiger partial charge in [0.2, 0.25) is 5.91 Å². The number of aliphatic imine (C=N–C) groups is 1. The molecule has 2 aromatic carbocycles. The van der Waals surface area contributed by atoms with Gasteiger partial charge in [-0.25, -0.2) is 8.42 Å². The number of benzene rings is 2. The van der Waals surface area contributed by atoms with Crippen LogP contribution in [0.15, 0.2) is 52.4 Å². The topological polar surface area (TPSA) is 117 Å². The van der Waals surface area contributed by atoms with Gasteiger partial charge in [0.05, 0.1) is 4.90 Å². The standard InChI is InChI=1S/C24H28N4O4S/c1-15-14-17(24(30)26-18-8-4-3-5-9-18)12-13-20(15)27-23(29)16(2)25-22-19-10-6-7-11-21(19)33(31,32)28-22/h6-7,10-14,16,18H,3-5,8-9H2,1-2H3,(H,25,28)(H,26,30)(H,27,29)/t16-/m0/s1. The highest BCUT2D eigenvalue weighted by molar-refractivity contribution is 7.90. The van der Waals surface area contributed by atoms with Crippen LogP contribution in [0.25, 0.3) is 0 Å². The number of rotatable bonds is 5. The Morgan fingerprint density at radius 2 is 1.82 bits per heavy atom. The number of anilines is 1. The number of nitrogens with zero attached hydrogens (tertiary/aromatic N) is 1. The zero-order chi connectivity index (χ0) is 23.6. The van der Waals surface area contributed by atoms with Gasteiger partial charge < -0.3 is 10.6 Å². The van der Waals surface area contributed by atoms with Crippen molar-refractivity contribution < 1.29 is 18.0 Å². The van der Waals surface area contributed by atoms with E-state index in [9.17, 15) is 18.0 Å².